The first-order chi connectivity index (χ1) is 9.42. The van der Waals surface area contributed by atoms with Gasteiger partial charge in [-0.2, -0.15) is 0 Å². The van der Waals surface area contributed by atoms with Crippen LogP contribution in [0.5, 0.6) is 11.5 Å². The lowest BCUT2D eigenvalue weighted by Crippen LogP contribution is -1.93. The second-order valence-electron chi connectivity index (χ2n) is 4.13. The van der Waals surface area contributed by atoms with Crippen LogP contribution in [-0.4, -0.2) is 4.98 Å². The molecule has 1 heterocycles. The van der Waals surface area contributed by atoms with Crippen molar-refractivity contribution >= 4 is 0 Å². The normalized spacial score (nSPS) is 10.3. The highest BCUT2D eigenvalue weighted by Gasteiger charge is 2.07. The maximum atomic E-state index is 5.89. The van der Waals surface area contributed by atoms with Gasteiger partial charge in [-0.15, -0.1) is 0 Å². The molecular formula is C16H13NO2. The zero-order chi connectivity index (χ0) is 12.9. The van der Waals surface area contributed by atoms with Crippen LogP contribution >= 0.6 is 0 Å². The van der Waals surface area contributed by atoms with Crippen molar-refractivity contribution in [1.29, 1.82) is 0 Å². The van der Waals surface area contributed by atoms with Crippen molar-refractivity contribution < 1.29 is 9.15 Å². The minimum Gasteiger partial charge on any atom is -0.457 e. The summed E-state index contributed by atoms with van der Waals surface area (Å²) in [5.41, 5.74) is 1.05. The average Bonchev–Trinajstić information content (AvgIpc) is 2.95. The summed E-state index contributed by atoms with van der Waals surface area (Å²) in [5.74, 6) is 2.33. The van der Waals surface area contributed by atoms with Gasteiger partial charge in [0.05, 0.1) is 12.6 Å². The zero-order valence-electron chi connectivity index (χ0n) is 10.3. The SMILES string of the molecule is c1ccc(Oc2ccccc2Cc2ncco2)cc1. The lowest BCUT2D eigenvalue weighted by Gasteiger charge is -2.09. The molecule has 0 fully saturated rings. The Hall–Kier alpha value is -2.55. The topological polar surface area (TPSA) is 35.3 Å². The van der Waals surface area contributed by atoms with E-state index in [4.69, 9.17) is 9.15 Å². The van der Waals surface area contributed by atoms with Crippen molar-refractivity contribution in [1.82, 2.24) is 4.98 Å². The first kappa shape index (κ1) is 11.5. The second kappa shape index (κ2) is 5.40. The molecule has 19 heavy (non-hydrogen) atoms. The van der Waals surface area contributed by atoms with E-state index < -0.39 is 0 Å². The highest BCUT2D eigenvalue weighted by molar-refractivity contribution is 5.38. The monoisotopic (exact) mass is 251 g/mol. The van der Waals surface area contributed by atoms with E-state index in [1.807, 2.05) is 54.6 Å². The van der Waals surface area contributed by atoms with E-state index in [1.54, 1.807) is 12.5 Å². The zero-order valence-corrected chi connectivity index (χ0v) is 10.3. The smallest absolute Gasteiger partial charge is 0.198 e. The highest BCUT2D eigenvalue weighted by atomic mass is 16.5. The molecule has 2 aromatic carbocycles. The molecule has 3 aromatic rings. The van der Waals surface area contributed by atoms with Crippen molar-refractivity contribution in [2.45, 2.75) is 6.42 Å². The molecule has 0 bridgehead atoms. The lowest BCUT2D eigenvalue weighted by molar-refractivity contribution is 0.468. The number of oxazole rings is 1. The van der Waals surface area contributed by atoms with Crippen LogP contribution in [0.4, 0.5) is 0 Å². The van der Waals surface area contributed by atoms with E-state index in [-0.39, 0.29) is 0 Å². The summed E-state index contributed by atoms with van der Waals surface area (Å²) in [6, 6.07) is 17.6. The van der Waals surface area contributed by atoms with E-state index in [0.717, 1.165) is 17.1 Å². The van der Waals surface area contributed by atoms with Gasteiger partial charge in [0.1, 0.15) is 17.8 Å². The molecule has 0 radical (unpaired) electrons. The second-order valence-corrected chi connectivity index (χ2v) is 4.13. The van der Waals surface area contributed by atoms with Gasteiger partial charge >= 0.3 is 0 Å². The Kier molecular flexibility index (Phi) is 3.28. The molecule has 0 atom stereocenters. The third kappa shape index (κ3) is 2.83. The van der Waals surface area contributed by atoms with E-state index in [1.165, 1.54) is 0 Å². The standard InChI is InChI=1S/C16H13NO2/c1-2-7-14(8-3-1)19-15-9-5-4-6-13(15)12-16-17-10-11-18-16/h1-11H,12H2. The van der Waals surface area contributed by atoms with Gasteiger partial charge in [-0.3, -0.25) is 0 Å². The van der Waals surface area contributed by atoms with Crippen molar-refractivity contribution in [3.05, 3.63) is 78.5 Å². The number of hydrogen-bond acceptors (Lipinski definition) is 3. The van der Waals surface area contributed by atoms with Gasteiger partial charge in [-0.05, 0) is 18.2 Å². The predicted octanol–water partition coefficient (Wildman–Crippen LogP) is 4.06. The molecule has 3 nitrogen and oxygen atoms in total. The van der Waals surface area contributed by atoms with E-state index in [9.17, 15) is 0 Å². The Balaban J connectivity index is 1.85. The molecule has 94 valence electrons. The van der Waals surface area contributed by atoms with Crippen LogP contribution in [0.25, 0.3) is 0 Å². The van der Waals surface area contributed by atoms with Gasteiger partial charge in [-0.1, -0.05) is 36.4 Å². The summed E-state index contributed by atoms with van der Waals surface area (Å²) in [6.45, 7) is 0. The predicted molar refractivity (Wildman–Crippen MR) is 72.3 cm³/mol. The van der Waals surface area contributed by atoms with Crippen molar-refractivity contribution in [3.8, 4) is 11.5 Å². The number of ether oxygens (including phenoxy) is 1. The molecule has 0 amide bonds. The summed E-state index contributed by atoms with van der Waals surface area (Å²) in [7, 11) is 0. The third-order valence-electron chi connectivity index (χ3n) is 2.77. The number of nitrogens with zero attached hydrogens (tertiary/aromatic N) is 1. The molecule has 0 aliphatic rings. The summed E-state index contributed by atoms with van der Waals surface area (Å²) in [6.07, 6.45) is 3.85. The van der Waals surface area contributed by atoms with Gasteiger partial charge in [0.2, 0.25) is 0 Å². The average molecular weight is 251 g/mol. The van der Waals surface area contributed by atoms with E-state index in [2.05, 4.69) is 4.98 Å². The van der Waals surface area contributed by atoms with Crippen LogP contribution in [0.1, 0.15) is 11.5 Å². The van der Waals surface area contributed by atoms with Gasteiger partial charge in [0, 0.05) is 5.56 Å². The fourth-order valence-electron chi connectivity index (χ4n) is 1.87. The molecule has 0 saturated carbocycles. The number of aromatic nitrogens is 1. The summed E-state index contributed by atoms with van der Waals surface area (Å²) < 4.78 is 11.2. The minimum atomic E-state index is 0.621. The first-order valence-electron chi connectivity index (χ1n) is 6.11. The molecule has 0 aliphatic heterocycles. The largest absolute Gasteiger partial charge is 0.457 e. The maximum Gasteiger partial charge on any atom is 0.198 e. The van der Waals surface area contributed by atoms with Crippen LogP contribution < -0.4 is 4.74 Å². The van der Waals surface area contributed by atoms with Crippen molar-refractivity contribution in [3.63, 3.8) is 0 Å². The molecule has 3 rings (SSSR count). The number of para-hydroxylation sites is 2. The van der Waals surface area contributed by atoms with Crippen LogP contribution in [0.3, 0.4) is 0 Å². The molecule has 0 saturated heterocycles. The Morgan fingerprint density at radius 2 is 1.74 bits per heavy atom. The molecule has 0 N–H and O–H groups in total. The summed E-state index contributed by atoms with van der Waals surface area (Å²) in [5, 5.41) is 0. The fraction of sp³-hybridized carbons (Fsp3) is 0.0625. The summed E-state index contributed by atoms with van der Waals surface area (Å²) in [4.78, 5) is 4.14. The van der Waals surface area contributed by atoms with Crippen LogP contribution in [0.2, 0.25) is 0 Å². The Morgan fingerprint density at radius 1 is 0.947 bits per heavy atom. The number of rotatable bonds is 4. The highest BCUT2D eigenvalue weighted by Crippen LogP contribution is 2.26. The maximum absolute atomic E-state index is 5.89. The van der Waals surface area contributed by atoms with Crippen LogP contribution in [0, 0.1) is 0 Å². The minimum absolute atomic E-state index is 0.621. The van der Waals surface area contributed by atoms with Gasteiger partial charge < -0.3 is 9.15 Å². The molecule has 3 heteroatoms. The number of benzene rings is 2. The van der Waals surface area contributed by atoms with Crippen LogP contribution in [-0.2, 0) is 6.42 Å². The Bertz CT molecular complexity index is 633. The molecule has 0 spiro atoms. The summed E-state index contributed by atoms with van der Waals surface area (Å²) >= 11 is 0. The molecule has 1 aromatic heterocycles. The lowest BCUT2D eigenvalue weighted by atomic mass is 10.1. The van der Waals surface area contributed by atoms with Crippen molar-refractivity contribution in [2.75, 3.05) is 0 Å². The Morgan fingerprint density at radius 3 is 2.53 bits per heavy atom. The van der Waals surface area contributed by atoms with Gasteiger partial charge in [-0.25, -0.2) is 4.98 Å². The van der Waals surface area contributed by atoms with Crippen molar-refractivity contribution in [2.24, 2.45) is 0 Å². The van der Waals surface area contributed by atoms with E-state index in [0.29, 0.717) is 12.3 Å². The molecule has 0 aliphatic carbocycles. The van der Waals surface area contributed by atoms with Gasteiger partial charge in [0.25, 0.3) is 0 Å². The van der Waals surface area contributed by atoms with Crippen LogP contribution in [0.15, 0.2) is 71.5 Å². The number of hydrogen-bond donors (Lipinski definition) is 0. The molecule has 0 unspecified atom stereocenters. The quantitative estimate of drug-likeness (QED) is 0.701. The van der Waals surface area contributed by atoms with E-state index >= 15 is 0 Å². The fourth-order valence-corrected chi connectivity index (χ4v) is 1.87. The Labute approximate surface area is 111 Å². The first-order valence-corrected chi connectivity index (χ1v) is 6.11. The molecular weight excluding hydrogens is 238 g/mol. The van der Waals surface area contributed by atoms with Gasteiger partial charge in [0.15, 0.2) is 5.89 Å². The third-order valence-corrected chi connectivity index (χ3v) is 2.77.